The van der Waals surface area contributed by atoms with Crippen molar-refractivity contribution in [2.75, 3.05) is 26.2 Å². The van der Waals surface area contributed by atoms with Crippen molar-refractivity contribution < 1.29 is 4.79 Å². The Kier molecular flexibility index (Phi) is 4.22. The number of imidazole rings is 1. The van der Waals surface area contributed by atoms with Gasteiger partial charge < -0.3 is 9.30 Å². The molecule has 0 radical (unpaired) electrons. The van der Waals surface area contributed by atoms with Gasteiger partial charge in [0.25, 0.3) is 0 Å². The highest BCUT2D eigenvalue weighted by Crippen LogP contribution is 2.39. The second-order valence-corrected chi connectivity index (χ2v) is 7.56. The Labute approximate surface area is 147 Å². The van der Waals surface area contributed by atoms with Crippen LogP contribution < -0.4 is 0 Å². The number of amides is 1. The average Bonchev–Trinajstić information content (AvgIpc) is 3.22. The highest BCUT2D eigenvalue weighted by Gasteiger charge is 2.41. The molecule has 0 aromatic carbocycles. The van der Waals surface area contributed by atoms with E-state index in [-0.39, 0.29) is 0 Å². The van der Waals surface area contributed by atoms with Crippen LogP contribution in [0.2, 0.25) is 5.02 Å². The summed E-state index contributed by atoms with van der Waals surface area (Å²) < 4.78 is 1.97. The van der Waals surface area contributed by atoms with E-state index in [1.165, 1.54) is 0 Å². The molecule has 2 fully saturated rings. The molecule has 4 rings (SSSR count). The summed E-state index contributed by atoms with van der Waals surface area (Å²) in [5, 5.41) is 0.713. The number of pyridine rings is 1. The number of fused-ring (bicyclic) bond motifs is 1. The first-order valence-corrected chi connectivity index (χ1v) is 9.12. The second kappa shape index (κ2) is 6.37. The maximum atomic E-state index is 12.4. The summed E-state index contributed by atoms with van der Waals surface area (Å²) in [6.07, 6.45) is 6.03. The Morgan fingerprint density at radius 1 is 1.25 bits per heavy atom. The minimum atomic E-state index is 0.291. The molecular formula is C18H23ClN4O. The van der Waals surface area contributed by atoms with E-state index in [0.717, 1.165) is 56.9 Å². The highest BCUT2D eigenvalue weighted by atomic mass is 35.5. The van der Waals surface area contributed by atoms with Crippen LogP contribution >= 0.6 is 11.6 Å². The maximum Gasteiger partial charge on any atom is 0.226 e. The summed E-state index contributed by atoms with van der Waals surface area (Å²) in [6.45, 7) is 6.64. The molecule has 1 saturated carbocycles. The molecule has 2 aromatic heterocycles. The molecule has 2 aromatic rings. The number of carbonyl (C=O) groups excluding carboxylic acids is 1. The summed E-state index contributed by atoms with van der Waals surface area (Å²) in [7, 11) is 0. The van der Waals surface area contributed by atoms with Crippen LogP contribution in [0.15, 0.2) is 24.5 Å². The standard InChI is InChI=1S/C18H23ClN4O/c1-13-9-16(13)18(24)22-6-2-5-21(7-8-22)11-15-12-23-10-14(19)3-4-17(23)20-15/h3-4,10,12-13,16H,2,5-9,11H2,1H3/t13-,16-/m0/s1. The topological polar surface area (TPSA) is 40.9 Å². The maximum absolute atomic E-state index is 12.4. The fourth-order valence-corrected chi connectivity index (χ4v) is 3.74. The highest BCUT2D eigenvalue weighted by molar-refractivity contribution is 6.30. The molecule has 6 heteroatoms. The van der Waals surface area contributed by atoms with Crippen molar-refractivity contribution in [3.05, 3.63) is 35.2 Å². The number of aromatic nitrogens is 2. The van der Waals surface area contributed by atoms with E-state index < -0.39 is 0 Å². The first-order chi connectivity index (χ1) is 11.6. The largest absolute Gasteiger partial charge is 0.341 e. The third-order valence-electron chi connectivity index (χ3n) is 5.18. The molecule has 1 amide bonds. The molecular weight excluding hydrogens is 324 g/mol. The van der Waals surface area contributed by atoms with Crippen molar-refractivity contribution in [3.63, 3.8) is 0 Å². The van der Waals surface area contributed by atoms with Gasteiger partial charge in [-0.3, -0.25) is 9.69 Å². The van der Waals surface area contributed by atoms with E-state index in [9.17, 15) is 4.79 Å². The normalized spacial score (nSPS) is 25.0. The molecule has 5 nitrogen and oxygen atoms in total. The average molecular weight is 347 g/mol. The van der Waals surface area contributed by atoms with Gasteiger partial charge >= 0.3 is 0 Å². The van der Waals surface area contributed by atoms with Crippen LogP contribution in [0.5, 0.6) is 0 Å². The van der Waals surface area contributed by atoms with E-state index in [2.05, 4.69) is 21.7 Å². The third-order valence-corrected chi connectivity index (χ3v) is 5.40. The molecule has 1 saturated heterocycles. The number of halogens is 1. The molecule has 0 N–H and O–H groups in total. The van der Waals surface area contributed by atoms with E-state index in [1.54, 1.807) is 0 Å². The smallest absolute Gasteiger partial charge is 0.226 e. The summed E-state index contributed by atoms with van der Waals surface area (Å²) in [5.41, 5.74) is 1.97. The van der Waals surface area contributed by atoms with E-state index in [0.29, 0.717) is 22.8 Å². The van der Waals surface area contributed by atoms with Gasteiger partial charge in [-0.25, -0.2) is 4.98 Å². The van der Waals surface area contributed by atoms with Crippen molar-refractivity contribution in [1.82, 2.24) is 19.2 Å². The molecule has 0 spiro atoms. The van der Waals surface area contributed by atoms with Crippen LogP contribution in [0, 0.1) is 11.8 Å². The van der Waals surface area contributed by atoms with Crippen LogP contribution in [0.1, 0.15) is 25.5 Å². The molecule has 0 bridgehead atoms. The third kappa shape index (κ3) is 3.28. The summed E-state index contributed by atoms with van der Waals surface area (Å²) in [5.74, 6) is 1.24. The summed E-state index contributed by atoms with van der Waals surface area (Å²) >= 11 is 6.03. The molecule has 0 unspecified atom stereocenters. The van der Waals surface area contributed by atoms with Crippen LogP contribution in [0.25, 0.3) is 5.65 Å². The van der Waals surface area contributed by atoms with E-state index in [4.69, 9.17) is 11.6 Å². The number of rotatable bonds is 3. The number of hydrogen-bond acceptors (Lipinski definition) is 3. The molecule has 1 aliphatic carbocycles. The molecule has 1 aliphatic heterocycles. The molecule has 2 aliphatic rings. The predicted molar refractivity (Wildman–Crippen MR) is 93.9 cm³/mol. The Morgan fingerprint density at radius 3 is 2.88 bits per heavy atom. The Balaban J connectivity index is 1.39. The lowest BCUT2D eigenvalue weighted by atomic mass is 10.3. The van der Waals surface area contributed by atoms with E-state index >= 15 is 0 Å². The number of hydrogen-bond donors (Lipinski definition) is 0. The fraction of sp³-hybridized carbons (Fsp3) is 0.556. The fourth-order valence-electron chi connectivity index (χ4n) is 3.57. The van der Waals surface area contributed by atoms with Crippen LogP contribution in [0.3, 0.4) is 0 Å². The zero-order chi connectivity index (χ0) is 16.7. The van der Waals surface area contributed by atoms with Crippen LogP contribution in [0.4, 0.5) is 0 Å². The monoisotopic (exact) mass is 346 g/mol. The van der Waals surface area contributed by atoms with Crippen molar-refractivity contribution in [1.29, 1.82) is 0 Å². The molecule has 2 atom stereocenters. The van der Waals surface area contributed by atoms with Gasteiger partial charge in [-0.15, -0.1) is 0 Å². The lowest BCUT2D eigenvalue weighted by Gasteiger charge is -2.21. The van der Waals surface area contributed by atoms with Gasteiger partial charge in [0.1, 0.15) is 5.65 Å². The molecule has 128 valence electrons. The minimum absolute atomic E-state index is 0.291. The van der Waals surface area contributed by atoms with Gasteiger partial charge in [0.2, 0.25) is 5.91 Å². The summed E-state index contributed by atoms with van der Waals surface area (Å²) in [4.78, 5) is 21.5. The number of carbonyl (C=O) groups is 1. The Morgan fingerprint density at radius 2 is 2.08 bits per heavy atom. The van der Waals surface area contributed by atoms with E-state index in [1.807, 2.05) is 28.9 Å². The first kappa shape index (κ1) is 15.9. The quantitative estimate of drug-likeness (QED) is 0.858. The van der Waals surface area contributed by atoms with Crippen molar-refractivity contribution in [3.8, 4) is 0 Å². The van der Waals surface area contributed by atoms with Crippen molar-refractivity contribution >= 4 is 23.2 Å². The first-order valence-electron chi connectivity index (χ1n) is 8.74. The van der Waals surface area contributed by atoms with Gasteiger partial charge in [0, 0.05) is 51.0 Å². The number of nitrogens with zero attached hydrogens (tertiary/aromatic N) is 4. The summed E-state index contributed by atoms with van der Waals surface area (Å²) in [6, 6.07) is 3.80. The zero-order valence-electron chi connectivity index (χ0n) is 14.0. The van der Waals surface area contributed by atoms with Gasteiger partial charge in [0.05, 0.1) is 10.7 Å². The van der Waals surface area contributed by atoms with Gasteiger partial charge in [0.15, 0.2) is 0 Å². The van der Waals surface area contributed by atoms with Crippen LogP contribution in [-0.2, 0) is 11.3 Å². The zero-order valence-corrected chi connectivity index (χ0v) is 14.7. The second-order valence-electron chi connectivity index (χ2n) is 7.12. The van der Waals surface area contributed by atoms with Crippen molar-refractivity contribution in [2.45, 2.75) is 26.3 Å². The Bertz CT molecular complexity index is 759. The van der Waals surface area contributed by atoms with Crippen LogP contribution in [-0.4, -0.2) is 51.3 Å². The molecule has 24 heavy (non-hydrogen) atoms. The minimum Gasteiger partial charge on any atom is -0.341 e. The Hall–Kier alpha value is -1.59. The van der Waals surface area contributed by atoms with Gasteiger partial charge in [-0.1, -0.05) is 18.5 Å². The predicted octanol–water partition coefficient (Wildman–Crippen LogP) is 2.68. The SMILES string of the molecule is C[C@H]1C[C@@H]1C(=O)N1CCCN(Cc2cn3cc(Cl)ccc3n2)CC1. The lowest BCUT2D eigenvalue weighted by molar-refractivity contribution is -0.132. The van der Waals surface area contributed by atoms with Crippen molar-refractivity contribution in [2.24, 2.45) is 11.8 Å². The van der Waals surface area contributed by atoms with Gasteiger partial charge in [-0.2, -0.15) is 0 Å². The van der Waals surface area contributed by atoms with Gasteiger partial charge in [-0.05, 0) is 30.9 Å². The molecule has 3 heterocycles. The lowest BCUT2D eigenvalue weighted by Crippen LogP contribution is -2.36.